The van der Waals surface area contributed by atoms with Crippen molar-refractivity contribution >= 4 is 5.91 Å². The second kappa shape index (κ2) is 5.46. The Morgan fingerprint density at radius 3 is 2.41 bits per heavy atom. The van der Waals surface area contributed by atoms with Gasteiger partial charge in [-0.2, -0.15) is 5.26 Å². The topological polar surface area (TPSA) is 47.3 Å². The SMILES string of the molecule is N#CCN1CCN(C(=O)c2ccccc2)CC1. The predicted octanol–water partition coefficient (Wildman–Crippen LogP) is 0.968. The second-order valence-corrected chi connectivity index (χ2v) is 4.09. The molecular formula is C13H15N3O. The molecule has 4 nitrogen and oxygen atoms in total. The quantitative estimate of drug-likeness (QED) is 0.710. The Hall–Kier alpha value is -1.86. The van der Waals surface area contributed by atoms with Gasteiger partial charge in [-0.05, 0) is 12.1 Å². The summed E-state index contributed by atoms with van der Waals surface area (Å²) in [5.74, 6) is 0.0854. The van der Waals surface area contributed by atoms with E-state index in [9.17, 15) is 4.79 Å². The summed E-state index contributed by atoms with van der Waals surface area (Å²) < 4.78 is 0. The number of amides is 1. The van der Waals surface area contributed by atoms with Crippen LogP contribution in [0.4, 0.5) is 0 Å². The largest absolute Gasteiger partial charge is 0.336 e. The monoisotopic (exact) mass is 229 g/mol. The number of nitriles is 1. The van der Waals surface area contributed by atoms with Crippen LogP contribution in [0.25, 0.3) is 0 Å². The fourth-order valence-corrected chi connectivity index (χ4v) is 1.97. The van der Waals surface area contributed by atoms with Gasteiger partial charge in [0.15, 0.2) is 0 Å². The highest BCUT2D eigenvalue weighted by Crippen LogP contribution is 2.08. The molecule has 1 heterocycles. The Kier molecular flexibility index (Phi) is 3.73. The van der Waals surface area contributed by atoms with Gasteiger partial charge in [-0.3, -0.25) is 9.69 Å². The Bertz CT molecular complexity index is 416. The molecule has 4 heteroatoms. The summed E-state index contributed by atoms with van der Waals surface area (Å²) in [6, 6.07) is 11.5. The highest BCUT2D eigenvalue weighted by Gasteiger charge is 2.21. The number of nitrogens with zero attached hydrogens (tertiary/aromatic N) is 3. The number of benzene rings is 1. The highest BCUT2D eigenvalue weighted by atomic mass is 16.2. The van der Waals surface area contributed by atoms with Crippen molar-refractivity contribution in [3.63, 3.8) is 0 Å². The molecule has 0 saturated carbocycles. The normalized spacial score (nSPS) is 16.5. The molecule has 0 aromatic heterocycles. The van der Waals surface area contributed by atoms with Crippen molar-refractivity contribution in [3.8, 4) is 6.07 Å². The molecule has 1 aromatic carbocycles. The van der Waals surface area contributed by atoms with Crippen LogP contribution in [0.3, 0.4) is 0 Å². The molecule has 0 N–H and O–H groups in total. The molecule has 88 valence electrons. The van der Waals surface area contributed by atoms with Crippen LogP contribution in [0.5, 0.6) is 0 Å². The fourth-order valence-electron chi connectivity index (χ4n) is 1.97. The van der Waals surface area contributed by atoms with E-state index in [1.54, 1.807) is 0 Å². The van der Waals surface area contributed by atoms with Crippen molar-refractivity contribution < 1.29 is 4.79 Å². The molecule has 1 aliphatic rings. The standard InChI is InChI=1S/C13H15N3O/c14-6-7-15-8-10-16(11-9-15)13(17)12-4-2-1-3-5-12/h1-5H,7-11H2. The average molecular weight is 229 g/mol. The zero-order valence-electron chi connectivity index (χ0n) is 9.67. The van der Waals surface area contributed by atoms with Crippen molar-refractivity contribution in [2.75, 3.05) is 32.7 Å². The molecule has 0 radical (unpaired) electrons. The van der Waals surface area contributed by atoms with E-state index in [0.717, 1.165) is 18.7 Å². The van der Waals surface area contributed by atoms with Gasteiger partial charge in [0.05, 0.1) is 12.6 Å². The Balaban J connectivity index is 1.93. The lowest BCUT2D eigenvalue weighted by molar-refractivity contribution is 0.0652. The van der Waals surface area contributed by atoms with Gasteiger partial charge in [0.1, 0.15) is 0 Å². The summed E-state index contributed by atoms with van der Waals surface area (Å²) in [5.41, 5.74) is 0.737. The number of carbonyl (C=O) groups excluding carboxylic acids is 1. The van der Waals surface area contributed by atoms with Crippen LogP contribution in [0, 0.1) is 11.3 Å². The first kappa shape index (κ1) is 11.6. The van der Waals surface area contributed by atoms with E-state index in [1.165, 1.54) is 0 Å². The van der Waals surface area contributed by atoms with Crippen molar-refractivity contribution in [2.24, 2.45) is 0 Å². The van der Waals surface area contributed by atoms with E-state index in [-0.39, 0.29) is 5.91 Å². The fraction of sp³-hybridized carbons (Fsp3) is 0.385. The molecular weight excluding hydrogens is 214 g/mol. The first-order valence-corrected chi connectivity index (χ1v) is 5.75. The van der Waals surface area contributed by atoms with E-state index in [4.69, 9.17) is 5.26 Å². The molecule has 0 bridgehead atoms. The number of hydrogen-bond donors (Lipinski definition) is 0. The van der Waals surface area contributed by atoms with Gasteiger partial charge in [-0.15, -0.1) is 0 Å². The third kappa shape index (κ3) is 2.83. The first-order valence-electron chi connectivity index (χ1n) is 5.75. The van der Waals surface area contributed by atoms with Crippen molar-refractivity contribution in [2.45, 2.75) is 0 Å². The van der Waals surface area contributed by atoms with Crippen LogP contribution in [0.2, 0.25) is 0 Å². The molecule has 1 saturated heterocycles. The smallest absolute Gasteiger partial charge is 0.253 e. The molecule has 17 heavy (non-hydrogen) atoms. The van der Waals surface area contributed by atoms with Gasteiger partial charge in [-0.25, -0.2) is 0 Å². The summed E-state index contributed by atoms with van der Waals surface area (Å²) in [7, 11) is 0. The molecule has 2 rings (SSSR count). The molecule has 0 aliphatic carbocycles. The lowest BCUT2D eigenvalue weighted by atomic mass is 10.2. The number of rotatable bonds is 2. The predicted molar refractivity (Wildman–Crippen MR) is 64.4 cm³/mol. The minimum absolute atomic E-state index is 0.0854. The molecule has 1 aromatic rings. The third-order valence-electron chi connectivity index (χ3n) is 2.97. The summed E-state index contributed by atoms with van der Waals surface area (Å²) in [6.45, 7) is 3.43. The Labute approximate surface area is 101 Å². The lowest BCUT2D eigenvalue weighted by Gasteiger charge is -2.33. The molecule has 1 aliphatic heterocycles. The number of carbonyl (C=O) groups is 1. The van der Waals surface area contributed by atoms with Crippen LogP contribution in [0.1, 0.15) is 10.4 Å². The molecule has 0 unspecified atom stereocenters. The number of hydrogen-bond acceptors (Lipinski definition) is 3. The maximum absolute atomic E-state index is 12.1. The van der Waals surface area contributed by atoms with Crippen molar-refractivity contribution in [3.05, 3.63) is 35.9 Å². The zero-order valence-corrected chi connectivity index (χ0v) is 9.67. The Morgan fingerprint density at radius 1 is 1.18 bits per heavy atom. The molecule has 0 spiro atoms. The van der Waals surface area contributed by atoms with Crippen LogP contribution in [-0.2, 0) is 0 Å². The van der Waals surface area contributed by atoms with E-state index in [1.807, 2.05) is 35.2 Å². The lowest BCUT2D eigenvalue weighted by Crippen LogP contribution is -2.48. The Morgan fingerprint density at radius 2 is 1.82 bits per heavy atom. The number of piperazine rings is 1. The average Bonchev–Trinajstić information content (AvgIpc) is 2.40. The van der Waals surface area contributed by atoms with E-state index >= 15 is 0 Å². The first-order chi connectivity index (χ1) is 8.31. The van der Waals surface area contributed by atoms with E-state index < -0.39 is 0 Å². The van der Waals surface area contributed by atoms with Gasteiger partial charge >= 0.3 is 0 Å². The van der Waals surface area contributed by atoms with Gasteiger partial charge in [0.25, 0.3) is 5.91 Å². The summed E-state index contributed by atoms with van der Waals surface area (Å²) in [4.78, 5) is 16.0. The third-order valence-corrected chi connectivity index (χ3v) is 2.97. The van der Waals surface area contributed by atoms with E-state index in [0.29, 0.717) is 19.6 Å². The summed E-state index contributed by atoms with van der Waals surface area (Å²) >= 11 is 0. The summed E-state index contributed by atoms with van der Waals surface area (Å²) in [6.07, 6.45) is 0. The van der Waals surface area contributed by atoms with Crippen molar-refractivity contribution in [1.29, 1.82) is 5.26 Å². The minimum atomic E-state index is 0.0854. The van der Waals surface area contributed by atoms with Crippen molar-refractivity contribution in [1.82, 2.24) is 9.80 Å². The zero-order chi connectivity index (χ0) is 12.1. The van der Waals surface area contributed by atoms with E-state index in [2.05, 4.69) is 11.0 Å². The second-order valence-electron chi connectivity index (χ2n) is 4.09. The van der Waals surface area contributed by atoms with Crippen LogP contribution >= 0.6 is 0 Å². The molecule has 0 atom stereocenters. The van der Waals surface area contributed by atoms with Crippen LogP contribution in [0.15, 0.2) is 30.3 Å². The minimum Gasteiger partial charge on any atom is -0.336 e. The van der Waals surface area contributed by atoms with Gasteiger partial charge < -0.3 is 4.90 Å². The maximum Gasteiger partial charge on any atom is 0.253 e. The molecule has 1 fully saturated rings. The summed E-state index contributed by atoms with van der Waals surface area (Å²) in [5, 5.41) is 8.60. The van der Waals surface area contributed by atoms with Crippen LogP contribution in [-0.4, -0.2) is 48.4 Å². The van der Waals surface area contributed by atoms with Gasteiger partial charge in [0.2, 0.25) is 0 Å². The molecule has 1 amide bonds. The van der Waals surface area contributed by atoms with Gasteiger partial charge in [-0.1, -0.05) is 18.2 Å². The maximum atomic E-state index is 12.1. The van der Waals surface area contributed by atoms with Gasteiger partial charge in [0, 0.05) is 31.7 Å². The van der Waals surface area contributed by atoms with Crippen LogP contribution < -0.4 is 0 Å². The highest BCUT2D eigenvalue weighted by molar-refractivity contribution is 5.94.